The molecule has 8 heteroatoms. The summed E-state index contributed by atoms with van der Waals surface area (Å²) in [4.78, 5) is 28.8. The van der Waals surface area contributed by atoms with Gasteiger partial charge in [0.05, 0.1) is 18.1 Å². The normalized spacial score (nSPS) is 23.6. The van der Waals surface area contributed by atoms with Gasteiger partial charge in [-0.1, -0.05) is 24.3 Å². The third-order valence-corrected chi connectivity index (χ3v) is 6.86. The van der Waals surface area contributed by atoms with Crippen LogP contribution < -0.4 is 10.8 Å². The number of amides is 1. The van der Waals surface area contributed by atoms with Crippen molar-refractivity contribution in [3.05, 3.63) is 59.6 Å². The molecule has 3 heterocycles. The van der Waals surface area contributed by atoms with Crippen LogP contribution in [0.25, 0.3) is 6.08 Å². The number of hydrogen-bond acceptors (Lipinski definition) is 7. The van der Waals surface area contributed by atoms with Crippen molar-refractivity contribution in [3.63, 3.8) is 0 Å². The molecular weight excluding hydrogens is 430 g/mol. The Kier molecular flexibility index (Phi) is 7.48. The molecule has 180 valence electrons. The smallest absolute Gasteiger partial charge is 0.267 e. The van der Waals surface area contributed by atoms with Crippen molar-refractivity contribution in [2.45, 2.75) is 63.3 Å². The molecule has 0 saturated carbocycles. The first-order chi connectivity index (χ1) is 16.7. The highest BCUT2D eigenvalue weighted by atomic mass is 16.8. The van der Waals surface area contributed by atoms with E-state index in [0.29, 0.717) is 24.4 Å². The number of hydroxylamine groups is 1. The number of hydrogen-bond donors (Lipinski definition) is 2. The van der Waals surface area contributed by atoms with E-state index in [2.05, 4.69) is 49.9 Å². The molecule has 2 fully saturated rings. The van der Waals surface area contributed by atoms with Crippen LogP contribution >= 0.6 is 0 Å². The van der Waals surface area contributed by atoms with Crippen LogP contribution in [0.2, 0.25) is 0 Å². The Morgan fingerprint density at radius 2 is 1.94 bits per heavy atom. The lowest BCUT2D eigenvalue weighted by Gasteiger charge is -2.37. The summed E-state index contributed by atoms with van der Waals surface area (Å²) >= 11 is 0. The van der Waals surface area contributed by atoms with Crippen LogP contribution in [0.5, 0.6) is 0 Å². The van der Waals surface area contributed by atoms with Crippen molar-refractivity contribution >= 4 is 17.8 Å². The summed E-state index contributed by atoms with van der Waals surface area (Å²) in [6.07, 6.45) is 13.5. The highest BCUT2D eigenvalue weighted by Gasteiger charge is 2.30. The van der Waals surface area contributed by atoms with Gasteiger partial charge in [0.15, 0.2) is 6.29 Å². The van der Waals surface area contributed by atoms with Crippen LogP contribution in [-0.2, 0) is 27.2 Å². The average molecular weight is 464 g/mol. The van der Waals surface area contributed by atoms with Gasteiger partial charge in [-0.05, 0) is 62.3 Å². The van der Waals surface area contributed by atoms with Crippen LogP contribution in [0.1, 0.15) is 48.9 Å². The van der Waals surface area contributed by atoms with Gasteiger partial charge in [-0.25, -0.2) is 15.3 Å². The summed E-state index contributed by atoms with van der Waals surface area (Å²) in [7, 11) is 0. The summed E-state index contributed by atoms with van der Waals surface area (Å²) in [6, 6.07) is 9.78. The molecule has 0 spiro atoms. The monoisotopic (exact) mass is 463 g/mol. The van der Waals surface area contributed by atoms with Crippen molar-refractivity contribution in [2.24, 2.45) is 0 Å². The van der Waals surface area contributed by atoms with Crippen molar-refractivity contribution in [2.75, 3.05) is 25.0 Å². The van der Waals surface area contributed by atoms with Gasteiger partial charge >= 0.3 is 0 Å². The van der Waals surface area contributed by atoms with Crippen LogP contribution in [-0.4, -0.2) is 58.8 Å². The van der Waals surface area contributed by atoms with E-state index in [-0.39, 0.29) is 12.2 Å². The van der Waals surface area contributed by atoms with Crippen molar-refractivity contribution in [3.8, 4) is 0 Å². The molecule has 5 rings (SSSR count). The molecule has 0 bridgehead atoms. The lowest BCUT2D eigenvalue weighted by atomic mass is 10.0. The Hall–Kier alpha value is -2.81. The largest absolute Gasteiger partial charge is 0.365 e. The van der Waals surface area contributed by atoms with Crippen LogP contribution in [0, 0.1) is 0 Å². The molecule has 2 N–H and O–H groups in total. The zero-order valence-electron chi connectivity index (χ0n) is 19.5. The fourth-order valence-corrected chi connectivity index (χ4v) is 5.08. The third-order valence-electron chi connectivity index (χ3n) is 6.86. The second-order valence-electron chi connectivity index (χ2n) is 9.35. The lowest BCUT2D eigenvalue weighted by Crippen LogP contribution is -2.47. The molecule has 2 saturated heterocycles. The van der Waals surface area contributed by atoms with Crippen LogP contribution in [0.15, 0.2) is 42.7 Å². The molecular formula is C26H33N5O3. The Bertz CT molecular complexity index is 965. The molecule has 34 heavy (non-hydrogen) atoms. The predicted octanol–water partition coefficient (Wildman–Crippen LogP) is 3.11. The number of likely N-dealkylation sites (tertiary alicyclic amines) is 1. The summed E-state index contributed by atoms with van der Waals surface area (Å²) in [6.45, 7) is 2.85. The highest BCUT2D eigenvalue weighted by Crippen LogP contribution is 2.28. The molecule has 1 amide bonds. The number of carbonyl (C=O) groups excluding carboxylic acids is 1. The first-order valence-corrected chi connectivity index (χ1v) is 12.4. The quantitative estimate of drug-likeness (QED) is 0.482. The van der Waals surface area contributed by atoms with E-state index >= 15 is 0 Å². The van der Waals surface area contributed by atoms with E-state index in [1.165, 1.54) is 23.6 Å². The number of carbonyl (C=O) groups is 1. The van der Waals surface area contributed by atoms with Crippen molar-refractivity contribution in [1.82, 2.24) is 20.3 Å². The number of benzene rings is 1. The van der Waals surface area contributed by atoms with Gasteiger partial charge in [-0.2, -0.15) is 0 Å². The zero-order valence-corrected chi connectivity index (χ0v) is 19.5. The maximum atomic E-state index is 12.0. The van der Waals surface area contributed by atoms with Crippen molar-refractivity contribution in [1.29, 1.82) is 0 Å². The number of aromatic nitrogens is 2. The predicted molar refractivity (Wildman–Crippen MR) is 130 cm³/mol. The molecule has 2 aliphatic heterocycles. The first-order valence-electron chi connectivity index (χ1n) is 12.4. The van der Waals surface area contributed by atoms with Gasteiger partial charge in [-0.15, -0.1) is 0 Å². The molecule has 8 nitrogen and oxygen atoms in total. The fourth-order valence-electron chi connectivity index (χ4n) is 5.08. The fraction of sp³-hybridized carbons (Fsp3) is 0.500. The third kappa shape index (κ3) is 6.00. The van der Waals surface area contributed by atoms with E-state index < -0.39 is 0 Å². The van der Waals surface area contributed by atoms with E-state index in [9.17, 15) is 4.79 Å². The summed E-state index contributed by atoms with van der Waals surface area (Å²) in [5, 5.41) is 3.55. The molecule has 3 aliphatic rings. The topological polar surface area (TPSA) is 88.6 Å². The Labute approximate surface area is 200 Å². The van der Waals surface area contributed by atoms with Gasteiger partial charge < -0.3 is 10.1 Å². The summed E-state index contributed by atoms with van der Waals surface area (Å²) in [5.74, 6) is 0.412. The minimum Gasteiger partial charge on any atom is -0.365 e. The highest BCUT2D eigenvalue weighted by molar-refractivity contribution is 5.90. The van der Waals surface area contributed by atoms with E-state index in [4.69, 9.17) is 9.57 Å². The number of ether oxygens (including phenoxy) is 1. The van der Waals surface area contributed by atoms with Gasteiger partial charge in [0.1, 0.15) is 5.82 Å². The zero-order chi connectivity index (χ0) is 23.2. The SMILES string of the molecule is O=C(/C=C/c1cnc(N[C@@H]2CCCN(C3Cc4ccccc4C3)C2)cn1)NOC1CCCCO1. The van der Waals surface area contributed by atoms with Gasteiger partial charge in [0.2, 0.25) is 0 Å². The number of piperidine rings is 1. The minimum atomic E-state index is -0.365. The molecule has 2 atom stereocenters. The molecule has 0 radical (unpaired) electrons. The van der Waals surface area contributed by atoms with Gasteiger partial charge in [-0.3, -0.25) is 14.7 Å². The Balaban J connectivity index is 1.08. The molecule has 1 aromatic heterocycles. The van der Waals surface area contributed by atoms with Crippen molar-refractivity contribution < 1.29 is 14.4 Å². The van der Waals surface area contributed by atoms with Crippen LogP contribution in [0.3, 0.4) is 0 Å². The second-order valence-corrected chi connectivity index (χ2v) is 9.35. The average Bonchev–Trinajstić information content (AvgIpc) is 3.32. The summed E-state index contributed by atoms with van der Waals surface area (Å²) < 4.78 is 5.42. The number of fused-ring (bicyclic) bond motifs is 1. The minimum absolute atomic E-state index is 0.352. The standard InChI is InChI=1S/C26H33N5O3/c32-25(30-34-26-9-3-4-13-33-26)11-10-21-16-28-24(17-27-21)29-22-8-5-12-31(18-22)23-14-19-6-1-2-7-20(19)15-23/h1-2,6-7,10-11,16-17,22-23,26H,3-5,8-9,12-15,18H2,(H,28,29)(H,30,32)/b11-10+/t22-,26?/m1/s1. The molecule has 2 aromatic rings. The first kappa shape index (κ1) is 23.0. The number of anilines is 1. The number of nitrogens with zero attached hydrogens (tertiary/aromatic N) is 3. The number of nitrogens with one attached hydrogen (secondary N) is 2. The van der Waals surface area contributed by atoms with Gasteiger partial charge in [0.25, 0.3) is 5.91 Å². The van der Waals surface area contributed by atoms with E-state index in [1.54, 1.807) is 18.5 Å². The number of rotatable bonds is 7. The lowest BCUT2D eigenvalue weighted by molar-refractivity contribution is -0.198. The Morgan fingerprint density at radius 3 is 2.68 bits per heavy atom. The Morgan fingerprint density at radius 1 is 1.09 bits per heavy atom. The maximum absolute atomic E-state index is 12.0. The van der Waals surface area contributed by atoms with Gasteiger partial charge in [0, 0.05) is 37.7 Å². The van der Waals surface area contributed by atoms with E-state index in [0.717, 1.165) is 57.4 Å². The second kappa shape index (κ2) is 11.1. The molecule has 1 aliphatic carbocycles. The summed E-state index contributed by atoms with van der Waals surface area (Å²) in [5.41, 5.74) is 6.02. The van der Waals surface area contributed by atoms with E-state index in [1.807, 2.05) is 0 Å². The maximum Gasteiger partial charge on any atom is 0.267 e. The molecule has 1 aromatic carbocycles. The van der Waals surface area contributed by atoms with Crippen LogP contribution in [0.4, 0.5) is 5.82 Å². The molecule has 1 unspecified atom stereocenters.